The largest absolute Gasteiger partial charge is 0.379 e. The van der Waals surface area contributed by atoms with E-state index in [-0.39, 0.29) is 36.4 Å². The first kappa shape index (κ1) is 27.1. The Balaban J connectivity index is 0.00000385. The van der Waals surface area contributed by atoms with Crippen molar-refractivity contribution in [2.24, 2.45) is 4.99 Å². The maximum absolute atomic E-state index is 12.1. The van der Waals surface area contributed by atoms with E-state index in [2.05, 4.69) is 38.8 Å². The van der Waals surface area contributed by atoms with Crippen LogP contribution in [0.5, 0.6) is 0 Å². The smallest absolute Gasteiger partial charge is 0.241 e. The van der Waals surface area contributed by atoms with Crippen LogP contribution in [0.3, 0.4) is 0 Å². The van der Waals surface area contributed by atoms with Gasteiger partial charge in [0.1, 0.15) is 0 Å². The monoisotopic (exact) mass is 569 g/mol. The molecule has 0 spiro atoms. The molecular formula is C23H36IN7O2. The van der Waals surface area contributed by atoms with E-state index >= 15 is 0 Å². The number of aromatic nitrogens is 2. The lowest BCUT2D eigenvalue weighted by Crippen LogP contribution is -2.46. The van der Waals surface area contributed by atoms with Crippen LogP contribution in [0.1, 0.15) is 17.0 Å². The minimum absolute atomic E-state index is 0. The van der Waals surface area contributed by atoms with Crippen LogP contribution >= 0.6 is 24.0 Å². The van der Waals surface area contributed by atoms with E-state index in [1.807, 2.05) is 30.7 Å². The Labute approximate surface area is 213 Å². The van der Waals surface area contributed by atoms with Gasteiger partial charge in [-0.25, -0.2) is 9.67 Å². The quantitative estimate of drug-likeness (QED) is 0.285. The van der Waals surface area contributed by atoms with Gasteiger partial charge in [0.15, 0.2) is 5.96 Å². The molecule has 182 valence electrons. The summed E-state index contributed by atoms with van der Waals surface area (Å²) in [6, 6.07) is 10.2. The highest BCUT2D eigenvalue weighted by Gasteiger charge is 2.12. The summed E-state index contributed by atoms with van der Waals surface area (Å²) in [6.07, 6.45) is 0. The van der Waals surface area contributed by atoms with Gasteiger partial charge in [-0.15, -0.1) is 24.0 Å². The van der Waals surface area contributed by atoms with Crippen LogP contribution in [0.15, 0.2) is 35.3 Å². The van der Waals surface area contributed by atoms with Gasteiger partial charge in [0.2, 0.25) is 5.91 Å². The molecule has 1 amide bonds. The Morgan fingerprint density at radius 2 is 1.91 bits per heavy atom. The molecule has 2 heterocycles. The number of likely N-dealkylation sites (N-methyl/N-ethyl adjacent to an activating group) is 1. The molecule has 1 aliphatic rings. The van der Waals surface area contributed by atoms with Gasteiger partial charge in [-0.3, -0.25) is 9.69 Å². The third-order valence-corrected chi connectivity index (χ3v) is 5.37. The summed E-state index contributed by atoms with van der Waals surface area (Å²) in [6.45, 7) is 9.77. The van der Waals surface area contributed by atoms with Crippen molar-refractivity contribution in [2.75, 3.05) is 60.0 Å². The Morgan fingerprint density at radius 1 is 1.18 bits per heavy atom. The van der Waals surface area contributed by atoms with Crippen LogP contribution in [0.25, 0.3) is 5.69 Å². The molecular weight excluding hydrogens is 533 g/mol. The maximum Gasteiger partial charge on any atom is 0.241 e. The van der Waals surface area contributed by atoms with E-state index in [1.165, 1.54) is 0 Å². The number of hydrogen-bond donors (Lipinski definition) is 2. The van der Waals surface area contributed by atoms with E-state index < -0.39 is 0 Å². The minimum atomic E-state index is -0.00396. The van der Waals surface area contributed by atoms with Gasteiger partial charge in [-0.1, -0.05) is 18.2 Å². The number of aryl methyl sites for hydroxylation is 2. The van der Waals surface area contributed by atoms with Gasteiger partial charge in [-0.2, -0.15) is 5.10 Å². The van der Waals surface area contributed by atoms with Gasteiger partial charge in [0.05, 0.1) is 37.7 Å². The van der Waals surface area contributed by atoms with Crippen LogP contribution in [0, 0.1) is 13.8 Å². The Kier molecular flexibility index (Phi) is 11.1. The summed E-state index contributed by atoms with van der Waals surface area (Å²) in [5, 5.41) is 11.2. The number of carbonyl (C=O) groups excluding carboxylic acids is 1. The minimum Gasteiger partial charge on any atom is -0.379 e. The molecule has 3 rings (SSSR count). The summed E-state index contributed by atoms with van der Waals surface area (Å²) in [5.41, 5.74) is 4.14. The highest BCUT2D eigenvalue weighted by Crippen LogP contribution is 2.17. The summed E-state index contributed by atoms with van der Waals surface area (Å²) in [4.78, 5) is 20.8. The highest BCUT2D eigenvalue weighted by atomic mass is 127. The predicted octanol–water partition coefficient (Wildman–Crippen LogP) is 1.56. The van der Waals surface area contributed by atoms with E-state index in [0.717, 1.165) is 62.0 Å². The van der Waals surface area contributed by atoms with E-state index in [4.69, 9.17) is 9.73 Å². The average Bonchev–Trinajstić information content (AvgIpc) is 3.13. The molecule has 0 saturated carbocycles. The number of nitrogens with one attached hydrogen (secondary N) is 2. The van der Waals surface area contributed by atoms with Crippen molar-refractivity contribution in [1.82, 2.24) is 30.2 Å². The van der Waals surface area contributed by atoms with Gasteiger partial charge in [0.25, 0.3) is 0 Å². The fraction of sp³-hybridized carbons (Fsp3) is 0.522. The number of rotatable bonds is 8. The molecule has 1 aromatic carbocycles. The second-order valence-electron chi connectivity index (χ2n) is 8.15. The number of para-hydroxylation sites is 1. The average molecular weight is 569 g/mol. The van der Waals surface area contributed by atoms with E-state index in [1.54, 1.807) is 19.0 Å². The van der Waals surface area contributed by atoms with Gasteiger partial charge in [0, 0.05) is 46.0 Å². The van der Waals surface area contributed by atoms with Gasteiger partial charge < -0.3 is 20.3 Å². The summed E-state index contributed by atoms with van der Waals surface area (Å²) in [7, 11) is 3.49. The van der Waals surface area contributed by atoms with Crippen molar-refractivity contribution in [3.63, 3.8) is 0 Å². The van der Waals surface area contributed by atoms with Crippen molar-refractivity contribution >= 4 is 35.8 Å². The second kappa shape index (κ2) is 13.5. The molecule has 1 fully saturated rings. The van der Waals surface area contributed by atoms with Crippen molar-refractivity contribution in [2.45, 2.75) is 20.4 Å². The normalized spacial score (nSPS) is 14.5. The molecule has 0 aliphatic carbocycles. The van der Waals surface area contributed by atoms with Crippen molar-refractivity contribution in [3.05, 3.63) is 47.3 Å². The molecule has 0 atom stereocenters. The van der Waals surface area contributed by atoms with E-state index in [9.17, 15) is 4.79 Å². The SMILES string of the molecule is Cc1cc(C)n(-c2ccccc2CN=C(NCCN2CCOCC2)NCC(=O)N(C)C)n1.I. The van der Waals surface area contributed by atoms with Crippen molar-refractivity contribution in [1.29, 1.82) is 0 Å². The Morgan fingerprint density at radius 3 is 2.58 bits per heavy atom. The van der Waals surface area contributed by atoms with Crippen LogP contribution in [0.2, 0.25) is 0 Å². The zero-order valence-electron chi connectivity index (χ0n) is 20.0. The van der Waals surface area contributed by atoms with Gasteiger partial charge in [-0.05, 0) is 31.5 Å². The molecule has 0 unspecified atom stereocenters. The summed E-state index contributed by atoms with van der Waals surface area (Å²) in [5.74, 6) is 0.618. The van der Waals surface area contributed by atoms with Gasteiger partial charge >= 0.3 is 0 Å². The molecule has 2 N–H and O–H groups in total. The maximum atomic E-state index is 12.1. The molecule has 0 radical (unpaired) electrons. The number of halogens is 1. The zero-order chi connectivity index (χ0) is 22.9. The fourth-order valence-electron chi connectivity index (χ4n) is 3.54. The molecule has 9 nitrogen and oxygen atoms in total. The summed E-state index contributed by atoms with van der Waals surface area (Å²) < 4.78 is 7.37. The van der Waals surface area contributed by atoms with Crippen LogP contribution in [0.4, 0.5) is 0 Å². The van der Waals surface area contributed by atoms with Crippen molar-refractivity contribution < 1.29 is 9.53 Å². The lowest BCUT2D eigenvalue weighted by atomic mass is 10.2. The molecule has 33 heavy (non-hydrogen) atoms. The van der Waals surface area contributed by atoms with Crippen LogP contribution in [-0.4, -0.2) is 91.5 Å². The zero-order valence-corrected chi connectivity index (χ0v) is 22.3. The number of hydrogen-bond acceptors (Lipinski definition) is 5. The number of ether oxygens (including phenoxy) is 1. The third kappa shape index (κ3) is 8.27. The fourth-order valence-corrected chi connectivity index (χ4v) is 3.54. The number of aliphatic imine (C=N–C) groups is 1. The first-order valence-electron chi connectivity index (χ1n) is 11.1. The highest BCUT2D eigenvalue weighted by molar-refractivity contribution is 14.0. The third-order valence-electron chi connectivity index (χ3n) is 5.37. The lowest BCUT2D eigenvalue weighted by Gasteiger charge is -2.26. The number of morpholine rings is 1. The first-order valence-corrected chi connectivity index (χ1v) is 11.1. The standard InChI is InChI=1S/C23H35N7O2.HI/c1-18-15-19(2)30(27-18)21-8-6-5-7-20(21)16-25-23(26-17-22(31)28(3)4)24-9-10-29-11-13-32-14-12-29;/h5-8,15H,9-14,16-17H2,1-4H3,(H2,24,25,26);1H. The number of amides is 1. The van der Waals surface area contributed by atoms with Crippen molar-refractivity contribution in [3.8, 4) is 5.69 Å². The number of carbonyl (C=O) groups is 1. The summed E-state index contributed by atoms with van der Waals surface area (Å²) >= 11 is 0. The molecule has 1 aliphatic heterocycles. The Bertz CT molecular complexity index is 923. The van der Waals surface area contributed by atoms with Crippen LogP contribution < -0.4 is 10.6 Å². The Hall–Kier alpha value is -2.18. The lowest BCUT2D eigenvalue weighted by molar-refractivity contribution is -0.127. The molecule has 2 aromatic rings. The first-order chi connectivity index (χ1) is 15.4. The topological polar surface area (TPSA) is 87.0 Å². The molecule has 1 saturated heterocycles. The second-order valence-corrected chi connectivity index (χ2v) is 8.15. The number of benzene rings is 1. The number of guanidine groups is 1. The predicted molar refractivity (Wildman–Crippen MR) is 142 cm³/mol. The van der Waals surface area contributed by atoms with E-state index in [0.29, 0.717) is 12.5 Å². The molecule has 10 heteroatoms. The van der Waals surface area contributed by atoms with Crippen LogP contribution in [-0.2, 0) is 16.1 Å². The molecule has 1 aromatic heterocycles. The number of nitrogens with zero attached hydrogens (tertiary/aromatic N) is 5. The molecule has 0 bridgehead atoms.